The molecule has 0 radical (unpaired) electrons. The normalized spacial score (nSPS) is 9.76. The predicted octanol–water partition coefficient (Wildman–Crippen LogP) is 2.79. The van der Waals surface area contributed by atoms with E-state index in [1.165, 1.54) is 7.11 Å². The Balaban J connectivity index is 1.92. The second-order valence-electron chi connectivity index (χ2n) is 4.36. The van der Waals surface area contributed by atoms with E-state index in [0.717, 1.165) is 5.56 Å². The zero-order valence-electron chi connectivity index (χ0n) is 11.6. The summed E-state index contributed by atoms with van der Waals surface area (Å²) in [6.07, 6.45) is -0.545. The minimum Gasteiger partial charge on any atom is -0.453 e. The van der Waals surface area contributed by atoms with Gasteiger partial charge in [-0.05, 0) is 29.8 Å². The zero-order chi connectivity index (χ0) is 15.1. The molecule has 0 aliphatic rings. The van der Waals surface area contributed by atoms with Crippen molar-refractivity contribution in [1.29, 1.82) is 0 Å². The first-order valence-electron chi connectivity index (χ1n) is 6.46. The molecule has 0 aliphatic heterocycles. The molecular weight excluding hydrogens is 268 g/mol. The van der Waals surface area contributed by atoms with Crippen LogP contribution in [0.3, 0.4) is 0 Å². The molecule has 0 spiro atoms. The smallest absolute Gasteiger partial charge is 0.411 e. The highest BCUT2D eigenvalue weighted by Crippen LogP contribution is 2.10. The maximum absolute atomic E-state index is 12.0. The van der Waals surface area contributed by atoms with Gasteiger partial charge in [0.25, 0.3) is 5.91 Å². The summed E-state index contributed by atoms with van der Waals surface area (Å²) in [5, 5.41) is 5.36. The van der Waals surface area contributed by atoms with Crippen LogP contribution in [0.5, 0.6) is 0 Å². The highest BCUT2D eigenvalue weighted by Gasteiger charge is 2.06. The summed E-state index contributed by atoms with van der Waals surface area (Å²) in [7, 11) is 1.29. The van der Waals surface area contributed by atoms with E-state index in [2.05, 4.69) is 15.4 Å². The standard InChI is InChI=1S/C16H16N2O3/c1-21-16(20)18-14-9-7-13(8-10-14)15(19)17-11-12-5-3-2-4-6-12/h2-10H,11H2,1H3,(H,17,19)(H,18,20). The van der Waals surface area contributed by atoms with Gasteiger partial charge in [-0.3, -0.25) is 10.1 Å². The van der Waals surface area contributed by atoms with Crippen LogP contribution < -0.4 is 10.6 Å². The Kier molecular flexibility index (Phi) is 4.93. The molecule has 21 heavy (non-hydrogen) atoms. The van der Waals surface area contributed by atoms with Crippen molar-refractivity contribution in [2.75, 3.05) is 12.4 Å². The Morgan fingerprint density at radius 2 is 1.67 bits per heavy atom. The molecule has 5 heteroatoms. The van der Waals surface area contributed by atoms with E-state index in [0.29, 0.717) is 17.8 Å². The summed E-state index contributed by atoms with van der Waals surface area (Å²) >= 11 is 0. The molecule has 2 aromatic rings. The fraction of sp³-hybridized carbons (Fsp3) is 0.125. The molecule has 2 rings (SSSR count). The highest BCUT2D eigenvalue weighted by atomic mass is 16.5. The van der Waals surface area contributed by atoms with Crippen LogP contribution in [0.1, 0.15) is 15.9 Å². The van der Waals surface area contributed by atoms with E-state index >= 15 is 0 Å². The van der Waals surface area contributed by atoms with Crippen molar-refractivity contribution < 1.29 is 14.3 Å². The van der Waals surface area contributed by atoms with E-state index in [1.807, 2.05) is 30.3 Å². The molecule has 0 aromatic heterocycles. The largest absolute Gasteiger partial charge is 0.453 e. The lowest BCUT2D eigenvalue weighted by Gasteiger charge is -2.07. The summed E-state index contributed by atoms with van der Waals surface area (Å²) in [6.45, 7) is 0.474. The second kappa shape index (κ2) is 7.09. The third-order valence-corrected chi connectivity index (χ3v) is 2.87. The van der Waals surface area contributed by atoms with E-state index in [4.69, 9.17) is 0 Å². The van der Waals surface area contributed by atoms with E-state index < -0.39 is 6.09 Å². The van der Waals surface area contributed by atoms with Gasteiger partial charge in [0.2, 0.25) is 0 Å². The van der Waals surface area contributed by atoms with Gasteiger partial charge >= 0.3 is 6.09 Å². The van der Waals surface area contributed by atoms with Crippen LogP contribution in [0.2, 0.25) is 0 Å². The van der Waals surface area contributed by atoms with Gasteiger partial charge in [0, 0.05) is 17.8 Å². The number of anilines is 1. The predicted molar refractivity (Wildman–Crippen MR) is 80.1 cm³/mol. The van der Waals surface area contributed by atoms with Crippen LogP contribution >= 0.6 is 0 Å². The van der Waals surface area contributed by atoms with Crippen molar-refractivity contribution in [3.63, 3.8) is 0 Å². The first kappa shape index (κ1) is 14.6. The van der Waals surface area contributed by atoms with Gasteiger partial charge in [-0.15, -0.1) is 0 Å². The second-order valence-corrected chi connectivity index (χ2v) is 4.36. The lowest BCUT2D eigenvalue weighted by molar-refractivity contribution is 0.0951. The number of rotatable bonds is 4. The molecule has 0 bridgehead atoms. The lowest BCUT2D eigenvalue weighted by atomic mass is 10.2. The number of methoxy groups -OCH3 is 1. The van der Waals surface area contributed by atoms with Crippen molar-refractivity contribution in [3.05, 3.63) is 65.7 Å². The van der Waals surface area contributed by atoms with Gasteiger partial charge in [0.05, 0.1) is 7.11 Å². The molecule has 108 valence electrons. The van der Waals surface area contributed by atoms with Gasteiger partial charge in [-0.25, -0.2) is 4.79 Å². The van der Waals surface area contributed by atoms with Gasteiger partial charge in [0.1, 0.15) is 0 Å². The Bertz CT molecular complexity index is 609. The Labute approximate surface area is 122 Å². The van der Waals surface area contributed by atoms with E-state index in [-0.39, 0.29) is 5.91 Å². The Morgan fingerprint density at radius 1 is 1.00 bits per heavy atom. The molecule has 0 saturated heterocycles. The first-order valence-corrected chi connectivity index (χ1v) is 6.46. The summed E-state index contributed by atoms with van der Waals surface area (Å²) in [5.41, 5.74) is 2.14. The maximum atomic E-state index is 12.0. The minimum absolute atomic E-state index is 0.163. The number of ether oxygens (including phenoxy) is 1. The molecule has 0 aliphatic carbocycles. The number of amides is 2. The summed E-state index contributed by atoms with van der Waals surface area (Å²) < 4.78 is 4.49. The molecule has 2 N–H and O–H groups in total. The van der Waals surface area contributed by atoms with Crippen LogP contribution in [0, 0.1) is 0 Å². The van der Waals surface area contributed by atoms with Crippen molar-refractivity contribution in [2.45, 2.75) is 6.54 Å². The first-order chi connectivity index (χ1) is 10.2. The van der Waals surface area contributed by atoms with Gasteiger partial charge in [-0.2, -0.15) is 0 Å². The Hall–Kier alpha value is -2.82. The van der Waals surface area contributed by atoms with Crippen molar-refractivity contribution in [3.8, 4) is 0 Å². The topological polar surface area (TPSA) is 67.4 Å². The van der Waals surface area contributed by atoms with Crippen LogP contribution in [0.15, 0.2) is 54.6 Å². The molecule has 0 saturated carbocycles. The van der Waals surface area contributed by atoms with Crippen molar-refractivity contribution in [1.82, 2.24) is 5.32 Å². The van der Waals surface area contributed by atoms with Crippen LogP contribution in [-0.2, 0) is 11.3 Å². The van der Waals surface area contributed by atoms with Gasteiger partial charge in [-0.1, -0.05) is 30.3 Å². The van der Waals surface area contributed by atoms with Crippen molar-refractivity contribution in [2.24, 2.45) is 0 Å². The van der Waals surface area contributed by atoms with Crippen LogP contribution in [-0.4, -0.2) is 19.1 Å². The summed E-state index contributed by atoms with van der Waals surface area (Å²) in [6, 6.07) is 16.3. The highest BCUT2D eigenvalue weighted by molar-refractivity contribution is 5.95. The number of benzene rings is 2. The number of nitrogens with one attached hydrogen (secondary N) is 2. The monoisotopic (exact) mass is 284 g/mol. The SMILES string of the molecule is COC(=O)Nc1ccc(C(=O)NCc2ccccc2)cc1. The minimum atomic E-state index is -0.545. The fourth-order valence-electron chi connectivity index (χ4n) is 1.75. The van der Waals surface area contributed by atoms with Gasteiger partial charge in [0.15, 0.2) is 0 Å². The Morgan fingerprint density at radius 3 is 2.29 bits per heavy atom. The lowest BCUT2D eigenvalue weighted by Crippen LogP contribution is -2.22. The van der Waals surface area contributed by atoms with E-state index in [9.17, 15) is 9.59 Å². The summed E-state index contributed by atoms with van der Waals surface area (Å²) in [4.78, 5) is 23.0. The molecule has 0 heterocycles. The molecular formula is C16H16N2O3. The van der Waals surface area contributed by atoms with Crippen LogP contribution in [0.4, 0.5) is 10.5 Å². The molecule has 2 amide bonds. The fourth-order valence-corrected chi connectivity index (χ4v) is 1.75. The average molecular weight is 284 g/mol. The number of hydrogen-bond donors (Lipinski definition) is 2. The maximum Gasteiger partial charge on any atom is 0.411 e. The molecule has 0 atom stereocenters. The zero-order valence-corrected chi connectivity index (χ0v) is 11.6. The molecule has 0 fully saturated rings. The van der Waals surface area contributed by atoms with Crippen molar-refractivity contribution >= 4 is 17.7 Å². The third-order valence-electron chi connectivity index (χ3n) is 2.87. The number of carbonyl (C=O) groups excluding carboxylic acids is 2. The van der Waals surface area contributed by atoms with Crippen LogP contribution in [0.25, 0.3) is 0 Å². The quantitative estimate of drug-likeness (QED) is 0.907. The molecule has 5 nitrogen and oxygen atoms in total. The third kappa shape index (κ3) is 4.35. The molecule has 2 aromatic carbocycles. The van der Waals surface area contributed by atoms with Gasteiger partial charge < -0.3 is 10.1 Å². The average Bonchev–Trinajstić information content (AvgIpc) is 2.54. The summed E-state index contributed by atoms with van der Waals surface area (Å²) in [5.74, 6) is -0.163. The molecule has 0 unspecified atom stereocenters. The number of hydrogen-bond acceptors (Lipinski definition) is 3. The van der Waals surface area contributed by atoms with E-state index in [1.54, 1.807) is 24.3 Å². The number of carbonyl (C=O) groups is 2.